The SMILES string of the molecule is CCn1c(COc2ccc(C(C)=O)cc2OC)nc2cc(S(=O)(=O)N3CCCCC3)ccc21. The largest absolute Gasteiger partial charge is 0.493 e. The van der Waals surface area contributed by atoms with E-state index in [2.05, 4.69) is 4.98 Å². The van der Waals surface area contributed by atoms with E-state index in [0.717, 1.165) is 24.8 Å². The third-order valence-corrected chi connectivity index (χ3v) is 7.89. The van der Waals surface area contributed by atoms with Crippen molar-refractivity contribution in [3.8, 4) is 11.5 Å². The first-order valence-corrected chi connectivity index (χ1v) is 12.6. The molecule has 176 valence electrons. The van der Waals surface area contributed by atoms with Gasteiger partial charge in [0, 0.05) is 25.2 Å². The molecule has 4 rings (SSSR count). The molecule has 0 amide bonds. The molecule has 1 fully saturated rings. The van der Waals surface area contributed by atoms with Gasteiger partial charge in [-0.05, 0) is 63.1 Å². The maximum atomic E-state index is 13.1. The van der Waals surface area contributed by atoms with Crippen LogP contribution in [0.1, 0.15) is 49.3 Å². The molecule has 9 heteroatoms. The van der Waals surface area contributed by atoms with Crippen molar-refractivity contribution in [3.63, 3.8) is 0 Å². The number of aryl methyl sites for hydroxylation is 1. The van der Waals surface area contributed by atoms with Crippen LogP contribution in [-0.4, -0.2) is 48.3 Å². The van der Waals surface area contributed by atoms with E-state index in [1.54, 1.807) is 34.6 Å². The van der Waals surface area contributed by atoms with E-state index >= 15 is 0 Å². The van der Waals surface area contributed by atoms with E-state index in [0.29, 0.717) is 48.0 Å². The van der Waals surface area contributed by atoms with Gasteiger partial charge in [-0.3, -0.25) is 4.79 Å². The first kappa shape index (κ1) is 23.3. The summed E-state index contributed by atoms with van der Waals surface area (Å²) in [6.07, 6.45) is 2.85. The summed E-state index contributed by atoms with van der Waals surface area (Å²) in [7, 11) is -2.00. The highest BCUT2D eigenvalue weighted by atomic mass is 32.2. The molecule has 8 nitrogen and oxygen atoms in total. The van der Waals surface area contributed by atoms with Gasteiger partial charge in [0.05, 0.1) is 23.0 Å². The Kier molecular flexibility index (Phi) is 6.71. The number of nitrogens with zero attached hydrogens (tertiary/aromatic N) is 3. The lowest BCUT2D eigenvalue weighted by Gasteiger charge is -2.25. The summed E-state index contributed by atoms with van der Waals surface area (Å²) >= 11 is 0. The zero-order valence-corrected chi connectivity index (χ0v) is 20.0. The van der Waals surface area contributed by atoms with Gasteiger partial charge in [-0.2, -0.15) is 4.31 Å². The normalized spacial score (nSPS) is 15.0. The van der Waals surface area contributed by atoms with Crippen LogP contribution in [0.15, 0.2) is 41.3 Å². The van der Waals surface area contributed by atoms with E-state index < -0.39 is 10.0 Å². The number of imidazole rings is 1. The molecular weight excluding hydrogens is 442 g/mol. The first-order valence-electron chi connectivity index (χ1n) is 11.2. The number of fused-ring (bicyclic) bond motifs is 1. The number of aromatic nitrogens is 2. The van der Waals surface area contributed by atoms with E-state index in [9.17, 15) is 13.2 Å². The lowest BCUT2D eigenvalue weighted by molar-refractivity contribution is 0.101. The predicted molar refractivity (Wildman–Crippen MR) is 125 cm³/mol. The Morgan fingerprint density at radius 1 is 1.06 bits per heavy atom. The molecule has 33 heavy (non-hydrogen) atoms. The van der Waals surface area contributed by atoms with Gasteiger partial charge < -0.3 is 14.0 Å². The fourth-order valence-corrected chi connectivity index (χ4v) is 5.72. The second-order valence-corrected chi connectivity index (χ2v) is 10.0. The zero-order chi connectivity index (χ0) is 23.6. The van der Waals surface area contributed by atoms with Crippen molar-refractivity contribution in [1.82, 2.24) is 13.9 Å². The number of ether oxygens (including phenoxy) is 2. The Morgan fingerprint density at radius 3 is 2.48 bits per heavy atom. The van der Waals surface area contributed by atoms with Crippen molar-refractivity contribution in [1.29, 1.82) is 0 Å². The molecule has 0 atom stereocenters. The number of Topliss-reactive ketones (excluding diaryl/α,β-unsaturated/α-hetero) is 1. The molecule has 3 aromatic rings. The highest BCUT2D eigenvalue weighted by Gasteiger charge is 2.26. The summed E-state index contributed by atoms with van der Waals surface area (Å²) in [5.41, 5.74) is 2.02. The van der Waals surface area contributed by atoms with Crippen LogP contribution in [0.4, 0.5) is 0 Å². The van der Waals surface area contributed by atoms with Gasteiger partial charge in [-0.1, -0.05) is 6.42 Å². The molecular formula is C24H29N3O5S. The van der Waals surface area contributed by atoms with Crippen molar-refractivity contribution >= 4 is 26.8 Å². The Labute approximate surface area is 194 Å². The molecule has 1 saturated heterocycles. The van der Waals surface area contributed by atoms with Crippen molar-refractivity contribution in [2.24, 2.45) is 0 Å². The standard InChI is InChI=1S/C24H29N3O5S/c1-4-27-21-10-9-19(33(29,30)26-12-6-5-7-13-26)15-20(21)25-24(27)16-32-22-11-8-18(17(2)28)14-23(22)31-3/h8-11,14-15H,4-7,12-13,16H2,1-3H3. The molecule has 0 saturated carbocycles. The smallest absolute Gasteiger partial charge is 0.243 e. The first-order chi connectivity index (χ1) is 15.8. The van der Waals surface area contributed by atoms with E-state index in [-0.39, 0.29) is 17.3 Å². The van der Waals surface area contributed by atoms with Gasteiger partial charge in [0.25, 0.3) is 0 Å². The highest BCUT2D eigenvalue weighted by molar-refractivity contribution is 7.89. The Hall–Kier alpha value is -2.91. The molecule has 1 aliphatic heterocycles. The van der Waals surface area contributed by atoms with Gasteiger partial charge in [0.15, 0.2) is 17.3 Å². The van der Waals surface area contributed by atoms with Crippen molar-refractivity contribution in [3.05, 3.63) is 47.8 Å². The van der Waals surface area contributed by atoms with Gasteiger partial charge in [-0.25, -0.2) is 13.4 Å². The number of benzene rings is 2. The molecule has 0 bridgehead atoms. The topological polar surface area (TPSA) is 90.7 Å². The average molecular weight is 472 g/mol. The van der Waals surface area contributed by atoms with Crippen molar-refractivity contribution in [2.45, 2.75) is 51.2 Å². The van der Waals surface area contributed by atoms with Crippen LogP contribution in [0.2, 0.25) is 0 Å². The summed E-state index contributed by atoms with van der Waals surface area (Å²) in [6.45, 7) is 5.46. The number of carbonyl (C=O) groups is 1. The number of sulfonamides is 1. The number of methoxy groups -OCH3 is 1. The van der Waals surface area contributed by atoms with Crippen LogP contribution in [0.3, 0.4) is 0 Å². The molecule has 0 N–H and O–H groups in total. The summed E-state index contributed by atoms with van der Waals surface area (Å²) in [5.74, 6) is 1.60. The number of hydrogen-bond acceptors (Lipinski definition) is 6. The molecule has 2 aromatic carbocycles. The Balaban J connectivity index is 1.62. The second kappa shape index (κ2) is 9.52. The predicted octanol–water partition coefficient (Wildman–Crippen LogP) is 4.02. The number of ketones is 1. The van der Waals surface area contributed by atoms with Crippen LogP contribution >= 0.6 is 0 Å². The minimum absolute atomic E-state index is 0.0528. The summed E-state index contributed by atoms with van der Waals surface area (Å²) in [5, 5.41) is 0. The van der Waals surface area contributed by atoms with Gasteiger partial charge in [0.1, 0.15) is 12.4 Å². The Bertz CT molecular complexity index is 1280. The molecule has 0 aliphatic carbocycles. The summed E-state index contributed by atoms with van der Waals surface area (Å²) < 4.78 is 41.1. The van der Waals surface area contributed by atoms with Crippen LogP contribution in [0.25, 0.3) is 11.0 Å². The fraction of sp³-hybridized carbons (Fsp3) is 0.417. The van der Waals surface area contributed by atoms with Crippen LogP contribution in [0.5, 0.6) is 11.5 Å². The lowest BCUT2D eigenvalue weighted by atomic mass is 10.1. The molecule has 0 radical (unpaired) electrons. The quantitative estimate of drug-likeness (QED) is 0.461. The van der Waals surface area contributed by atoms with Crippen molar-refractivity contribution in [2.75, 3.05) is 20.2 Å². The maximum absolute atomic E-state index is 13.1. The number of rotatable bonds is 8. The van der Waals surface area contributed by atoms with Crippen molar-refractivity contribution < 1.29 is 22.7 Å². The molecule has 0 spiro atoms. The molecule has 0 unspecified atom stereocenters. The molecule has 1 aliphatic rings. The van der Waals surface area contributed by atoms with Gasteiger partial charge >= 0.3 is 0 Å². The third-order valence-electron chi connectivity index (χ3n) is 5.99. The van der Waals surface area contributed by atoms with Gasteiger partial charge in [0.2, 0.25) is 10.0 Å². The maximum Gasteiger partial charge on any atom is 0.243 e. The molecule has 1 aromatic heterocycles. The summed E-state index contributed by atoms with van der Waals surface area (Å²) in [6, 6.07) is 10.2. The number of hydrogen-bond donors (Lipinski definition) is 0. The van der Waals surface area contributed by atoms with Crippen LogP contribution in [0, 0.1) is 0 Å². The minimum Gasteiger partial charge on any atom is -0.493 e. The van der Waals surface area contributed by atoms with Gasteiger partial charge in [-0.15, -0.1) is 0 Å². The fourth-order valence-electron chi connectivity index (χ4n) is 4.19. The second-order valence-electron chi connectivity index (χ2n) is 8.10. The molecule has 2 heterocycles. The van der Waals surface area contributed by atoms with Crippen LogP contribution < -0.4 is 9.47 Å². The highest BCUT2D eigenvalue weighted by Crippen LogP contribution is 2.30. The Morgan fingerprint density at radius 2 is 1.82 bits per heavy atom. The zero-order valence-electron chi connectivity index (χ0n) is 19.2. The number of piperidine rings is 1. The third kappa shape index (κ3) is 4.60. The minimum atomic E-state index is -3.53. The lowest BCUT2D eigenvalue weighted by Crippen LogP contribution is -2.35. The average Bonchev–Trinajstić information content (AvgIpc) is 3.19. The monoisotopic (exact) mass is 471 g/mol. The van der Waals surface area contributed by atoms with E-state index in [1.807, 2.05) is 17.6 Å². The number of carbonyl (C=O) groups excluding carboxylic acids is 1. The van der Waals surface area contributed by atoms with Crippen LogP contribution in [-0.2, 0) is 23.2 Å². The van der Waals surface area contributed by atoms with E-state index in [4.69, 9.17) is 9.47 Å². The van der Waals surface area contributed by atoms with E-state index in [1.165, 1.54) is 14.0 Å². The summed E-state index contributed by atoms with van der Waals surface area (Å²) in [4.78, 5) is 16.6.